The Labute approximate surface area is 92.9 Å². The zero-order chi connectivity index (χ0) is 11.6. The summed E-state index contributed by atoms with van der Waals surface area (Å²) in [5.41, 5.74) is 1.14. The minimum Gasteiger partial charge on any atom is -0.246 e. The number of hydrogen-bond acceptors (Lipinski definition) is 2. The lowest BCUT2D eigenvalue weighted by Gasteiger charge is -1.82. The molecule has 0 radical (unpaired) electrons. The van der Waals surface area contributed by atoms with E-state index in [4.69, 9.17) is 0 Å². The average molecular weight is 213 g/mol. The van der Waals surface area contributed by atoms with Crippen LogP contribution < -0.4 is 0 Å². The van der Waals surface area contributed by atoms with Crippen molar-refractivity contribution in [3.05, 3.63) is 21.7 Å². The number of aryl methyl sites for hydroxylation is 2. The van der Waals surface area contributed by atoms with Gasteiger partial charge in [-0.25, -0.2) is 4.98 Å². The third kappa shape index (κ3) is 5.92. The topological polar surface area (TPSA) is 12.9 Å². The van der Waals surface area contributed by atoms with Crippen LogP contribution in [0.3, 0.4) is 0 Å². The molecule has 0 fully saturated rings. The lowest BCUT2D eigenvalue weighted by Crippen LogP contribution is -1.72. The second-order valence-corrected chi connectivity index (χ2v) is 3.42. The van der Waals surface area contributed by atoms with E-state index in [2.05, 4.69) is 11.1 Å². The molecule has 0 saturated carbocycles. The third-order valence-electron chi connectivity index (χ3n) is 1.26. The summed E-state index contributed by atoms with van der Waals surface area (Å²) in [6.07, 6.45) is 4.14. The fraction of sp³-hybridized carbons (Fsp3) is 0.583. The van der Waals surface area contributed by atoms with Crippen LogP contribution in [0, 0.1) is 13.8 Å². The Balaban J connectivity index is 0. The van der Waals surface area contributed by atoms with Gasteiger partial charge in [0.25, 0.3) is 0 Å². The second-order valence-electron chi connectivity index (χ2n) is 2.18. The van der Waals surface area contributed by atoms with E-state index in [0.717, 1.165) is 10.7 Å². The molecular weight excluding hydrogens is 190 g/mol. The van der Waals surface area contributed by atoms with Crippen LogP contribution in [0.2, 0.25) is 0 Å². The highest BCUT2D eigenvalue weighted by molar-refractivity contribution is 7.12. The Bertz CT molecular complexity index is 249. The predicted molar refractivity (Wildman–Crippen MR) is 69.0 cm³/mol. The number of rotatable bonds is 1. The Morgan fingerprint density at radius 2 is 1.57 bits per heavy atom. The largest absolute Gasteiger partial charge is 0.246 e. The molecule has 1 aromatic heterocycles. The standard InChI is InChI=1S/C8H11NS.2C2H6/c1-4-5-8-6(2)9-7(3)10-8;2*1-2/h4-5H,1-3H3;2*1-2H3/b5-4-;;. The molecule has 0 N–H and O–H groups in total. The molecule has 1 rings (SSSR count). The van der Waals surface area contributed by atoms with Gasteiger partial charge in [-0.2, -0.15) is 0 Å². The Morgan fingerprint density at radius 3 is 1.86 bits per heavy atom. The van der Waals surface area contributed by atoms with Gasteiger partial charge in [-0.15, -0.1) is 11.3 Å². The van der Waals surface area contributed by atoms with E-state index in [1.54, 1.807) is 11.3 Å². The van der Waals surface area contributed by atoms with Crippen molar-refractivity contribution in [2.75, 3.05) is 0 Å². The van der Waals surface area contributed by atoms with Crippen LogP contribution in [0.1, 0.15) is 50.2 Å². The first kappa shape index (κ1) is 15.8. The van der Waals surface area contributed by atoms with E-state index in [1.165, 1.54) is 4.88 Å². The fourth-order valence-electron chi connectivity index (χ4n) is 0.853. The average Bonchev–Trinajstić information content (AvgIpc) is 2.53. The molecule has 1 heterocycles. The molecule has 0 saturated heterocycles. The van der Waals surface area contributed by atoms with Gasteiger partial charge in [0.05, 0.1) is 10.7 Å². The highest BCUT2D eigenvalue weighted by Crippen LogP contribution is 2.17. The van der Waals surface area contributed by atoms with Gasteiger partial charge in [0.2, 0.25) is 0 Å². The van der Waals surface area contributed by atoms with Crippen molar-refractivity contribution in [2.45, 2.75) is 48.5 Å². The monoisotopic (exact) mass is 213 g/mol. The predicted octanol–water partition coefficient (Wildman–Crippen LogP) is 4.85. The number of aromatic nitrogens is 1. The molecule has 82 valence electrons. The van der Waals surface area contributed by atoms with Gasteiger partial charge in [0, 0.05) is 4.88 Å². The molecule has 0 atom stereocenters. The van der Waals surface area contributed by atoms with Crippen molar-refractivity contribution in [2.24, 2.45) is 0 Å². The molecule has 0 aliphatic carbocycles. The zero-order valence-electron chi connectivity index (χ0n) is 10.5. The summed E-state index contributed by atoms with van der Waals surface area (Å²) in [4.78, 5) is 5.57. The van der Waals surface area contributed by atoms with Crippen LogP contribution in [0.25, 0.3) is 6.08 Å². The first-order chi connectivity index (χ1) is 6.74. The minimum atomic E-state index is 1.14. The van der Waals surface area contributed by atoms with Gasteiger partial charge in [0.15, 0.2) is 0 Å². The fourth-order valence-corrected chi connectivity index (χ4v) is 1.75. The molecule has 0 unspecified atom stereocenters. The second kappa shape index (κ2) is 10.5. The maximum absolute atomic E-state index is 4.30. The van der Waals surface area contributed by atoms with Crippen molar-refractivity contribution >= 4 is 17.4 Å². The first-order valence-electron chi connectivity index (χ1n) is 5.30. The Morgan fingerprint density at radius 1 is 1.07 bits per heavy atom. The van der Waals surface area contributed by atoms with E-state index >= 15 is 0 Å². The van der Waals surface area contributed by atoms with E-state index in [1.807, 2.05) is 54.5 Å². The van der Waals surface area contributed by atoms with Crippen LogP contribution in [0.5, 0.6) is 0 Å². The maximum Gasteiger partial charge on any atom is 0.0903 e. The van der Waals surface area contributed by atoms with Gasteiger partial charge in [-0.1, -0.05) is 33.8 Å². The Hall–Kier alpha value is -0.630. The van der Waals surface area contributed by atoms with E-state index in [-0.39, 0.29) is 0 Å². The molecule has 0 aliphatic rings. The summed E-state index contributed by atoms with van der Waals surface area (Å²) < 4.78 is 0. The zero-order valence-corrected chi connectivity index (χ0v) is 11.3. The Kier molecular flexibility index (Phi) is 11.8. The molecular formula is C12H23NS. The van der Waals surface area contributed by atoms with Crippen LogP contribution in [0.4, 0.5) is 0 Å². The molecule has 0 aliphatic heterocycles. The normalized spacial score (nSPS) is 8.79. The SMILES string of the molecule is C/C=C\c1sc(C)nc1C.CC.CC. The molecule has 0 amide bonds. The van der Waals surface area contributed by atoms with Crippen molar-refractivity contribution in [3.63, 3.8) is 0 Å². The minimum absolute atomic E-state index is 1.14. The highest BCUT2D eigenvalue weighted by Gasteiger charge is 1.98. The van der Waals surface area contributed by atoms with Crippen LogP contribution in [-0.4, -0.2) is 4.98 Å². The van der Waals surface area contributed by atoms with Crippen molar-refractivity contribution in [1.82, 2.24) is 4.98 Å². The molecule has 14 heavy (non-hydrogen) atoms. The molecule has 0 spiro atoms. The van der Waals surface area contributed by atoms with Crippen molar-refractivity contribution in [3.8, 4) is 0 Å². The van der Waals surface area contributed by atoms with Gasteiger partial charge in [-0.05, 0) is 26.8 Å². The van der Waals surface area contributed by atoms with Gasteiger partial charge >= 0.3 is 0 Å². The summed E-state index contributed by atoms with van der Waals surface area (Å²) in [6, 6.07) is 0. The number of hydrogen-bond donors (Lipinski definition) is 0. The van der Waals surface area contributed by atoms with Crippen LogP contribution >= 0.6 is 11.3 Å². The summed E-state index contributed by atoms with van der Waals surface area (Å²) in [5.74, 6) is 0. The summed E-state index contributed by atoms with van der Waals surface area (Å²) in [5, 5.41) is 1.14. The number of thiazole rings is 1. The molecule has 1 aromatic rings. The summed E-state index contributed by atoms with van der Waals surface area (Å²) >= 11 is 1.74. The quantitative estimate of drug-likeness (QED) is 0.650. The smallest absolute Gasteiger partial charge is 0.0903 e. The highest BCUT2D eigenvalue weighted by atomic mass is 32.1. The number of allylic oxidation sites excluding steroid dienone is 1. The van der Waals surface area contributed by atoms with E-state index in [0.29, 0.717) is 0 Å². The van der Waals surface area contributed by atoms with Gasteiger partial charge in [-0.3, -0.25) is 0 Å². The summed E-state index contributed by atoms with van der Waals surface area (Å²) in [6.45, 7) is 14.1. The molecule has 0 bridgehead atoms. The van der Waals surface area contributed by atoms with E-state index in [9.17, 15) is 0 Å². The first-order valence-corrected chi connectivity index (χ1v) is 6.12. The number of nitrogens with zero attached hydrogens (tertiary/aromatic N) is 1. The summed E-state index contributed by atoms with van der Waals surface area (Å²) in [7, 11) is 0. The van der Waals surface area contributed by atoms with Crippen molar-refractivity contribution in [1.29, 1.82) is 0 Å². The van der Waals surface area contributed by atoms with Gasteiger partial charge < -0.3 is 0 Å². The van der Waals surface area contributed by atoms with Gasteiger partial charge in [0.1, 0.15) is 0 Å². The van der Waals surface area contributed by atoms with Crippen LogP contribution in [0.15, 0.2) is 6.08 Å². The molecule has 1 nitrogen and oxygen atoms in total. The third-order valence-corrected chi connectivity index (χ3v) is 2.30. The molecule has 2 heteroatoms. The molecule has 0 aromatic carbocycles. The van der Waals surface area contributed by atoms with Crippen molar-refractivity contribution < 1.29 is 0 Å². The lowest BCUT2D eigenvalue weighted by atomic mass is 10.4. The van der Waals surface area contributed by atoms with Crippen LogP contribution in [-0.2, 0) is 0 Å². The van der Waals surface area contributed by atoms with E-state index < -0.39 is 0 Å². The maximum atomic E-state index is 4.30. The lowest BCUT2D eigenvalue weighted by molar-refractivity contribution is 1.20.